The van der Waals surface area contributed by atoms with Gasteiger partial charge in [0.1, 0.15) is 5.00 Å². The summed E-state index contributed by atoms with van der Waals surface area (Å²) < 4.78 is 0. The largest absolute Gasteiger partial charge is 0.322 e. The van der Waals surface area contributed by atoms with Crippen LogP contribution in [0.3, 0.4) is 0 Å². The average molecular weight is 412 g/mol. The molecule has 1 aliphatic heterocycles. The number of rotatable bonds is 5. The Labute approximate surface area is 176 Å². The van der Waals surface area contributed by atoms with Gasteiger partial charge in [-0.05, 0) is 75.2 Å². The molecule has 1 aromatic heterocycles. The van der Waals surface area contributed by atoms with E-state index >= 15 is 0 Å². The van der Waals surface area contributed by atoms with Gasteiger partial charge in [0.05, 0.1) is 12.1 Å². The second-order valence-electron chi connectivity index (χ2n) is 8.24. The Morgan fingerprint density at radius 3 is 2.55 bits per heavy atom. The summed E-state index contributed by atoms with van der Waals surface area (Å²) in [4.78, 5) is 29.3. The molecule has 1 fully saturated rings. The second kappa shape index (κ2) is 9.09. The van der Waals surface area contributed by atoms with Crippen molar-refractivity contribution in [1.29, 1.82) is 0 Å². The predicted octanol–water partition coefficient (Wildman–Crippen LogP) is 4.55. The minimum atomic E-state index is -0.127. The number of likely N-dealkylation sites (tertiary alicyclic amines) is 1. The number of carbonyl (C=O) groups is 2. The van der Waals surface area contributed by atoms with Crippen molar-refractivity contribution in [3.05, 3.63) is 46.3 Å². The van der Waals surface area contributed by atoms with Crippen molar-refractivity contribution in [2.75, 3.05) is 30.3 Å². The van der Waals surface area contributed by atoms with Crippen LogP contribution in [0.15, 0.2) is 30.3 Å². The van der Waals surface area contributed by atoms with Crippen molar-refractivity contribution in [3.63, 3.8) is 0 Å². The first-order chi connectivity index (χ1) is 14.1. The molecular weight excluding hydrogens is 382 g/mol. The van der Waals surface area contributed by atoms with E-state index in [1.165, 1.54) is 4.88 Å². The lowest BCUT2D eigenvalue weighted by atomic mass is 9.95. The number of amides is 2. The minimum absolute atomic E-state index is 0.0214. The molecule has 1 aromatic carbocycles. The predicted molar refractivity (Wildman–Crippen MR) is 119 cm³/mol. The topological polar surface area (TPSA) is 61.4 Å². The summed E-state index contributed by atoms with van der Waals surface area (Å²) in [5, 5.41) is 6.78. The zero-order valence-corrected chi connectivity index (χ0v) is 17.8. The van der Waals surface area contributed by atoms with E-state index in [0.717, 1.165) is 68.8 Å². The molecule has 1 aliphatic carbocycles. The van der Waals surface area contributed by atoms with Crippen LogP contribution in [0, 0.1) is 5.92 Å². The molecule has 0 atom stereocenters. The molecule has 0 spiro atoms. The molecule has 154 valence electrons. The van der Waals surface area contributed by atoms with Gasteiger partial charge in [-0.15, -0.1) is 11.3 Å². The molecule has 0 radical (unpaired) electrons. The molecule has 0 unspecified atom stereocenters. The fourth-order valence-electron chi connectivity index (χ4n) is 4.20. The summed E-state index contributed by atoms with van der Waals surface area (Å²) in [7, 11) is 0. The van der Waals surface area contributed by atoms with Crippen molar-refractivity contribution in [2.45, 2.75) is 45.4 Å². The maximum atomic E-state index is 13.1. The Morgan fingerprint density at radius 1 is 1.07 bits per heavy atom. The first-order valence-electron chi connectivity index (χ1n) is 10.6. The van der Waals surface area contributed by atoms with Gasteiger partial charge >= 0.3 is 0 Å². The maximum Gasteiger partial charge on any atom is 0.258 e. The first-order valence-corrected chi connectivity index (χ1v) is 11.4. The summed E-state index contributed by atoms with van der Waals surface area (Å²) in [5.41, 5.74) is 2.55. The first kappa shape index (κ1) is 20.1. The molecule has 2 aliphatic rings. The lowest BCUT2D eigenvalue weighted by Gasteiger charge is -2.29. The Kier molecular flexibility index (Phi) is 6.31. The van der Waals surface area contributed by atoms with E-state index in [1.54, 1.807) is 11.3 Å². The van der Waals surface area contributed by atoms with Crippen LogP contribution in [-0.2, 0) is 17.6 Å². The van der Waals surface area contributed by atoms with E-state index in [0.29, 0.717) is 17.1 Å². The molecule has 6 heteroatoms. The highest BCUT2D eigenvalue weighted by Gasteiger charge is 2.27. The minimum Gasteiger partial charge on any atom is -0.322 e. The Bertz CT molecular complexity index is 870. The third kappa shape index (κ3) is 4.87. The van der Waals surface area contributed by atoms with E-state index in [1.807, 2.05) is 30.3 Å². The van der Waals surface area contributed by atoms with Gasteiger partial charge in [0.2, 0.25) is 5.91 Å². The quantitative estimate of drug-likeness (QED) is 0.759. The van der Waals surface area contributed by atoms with Crippen LogP contribution in [0.1, 0.15) is 53.4 Å². The van der Waals surface area contributed by atoms with Gasteiger partial charge in [-0.25, -0.2) is 0 Å². The molecule has 2 heterocycles. The number of hydrogen-bond donors (Lipinski definition) is 2. The van der Waals surface area contributed by atoms with E-state index in [9.17, 15) is 9.59 Å². The monoisotopic (exact) mass is 411 g/mol. The number of piperidine rings is 1. The Balaban J connectivity index is 1.51. The summed E-state index contributed by atoms with van der Waals surface area (Å²) in [6.07, 6.45) is 6.42. The van der Waals surface area contributed by atoms with Gasteiger partial charge in [-0.3, -0.25) is 14.5 Å². The fraction of sp³-hybridized carbons (Fsp3) is 0.478. The molecule has 1 saturated heterocycles. The second-order valence-corrected chi connectivity index (χ2v) is 9.35. The maximum absolute atomic E-state index is 13.1. The van der Waals surface area contributed by atoms with Crippen LogP contribution in [0.25, 0.3) is 0 Å². The summed E-state index contributed by atoms with van der Waals surface area (Å²) >= 11 is 1.58. The van der Waals surface area contributed by atoms with E-state index < -0.39 is 0 Å². The van der Waals surface area contributed by atoms with Gasteiger partial charge in [0.25, 0.3) is 5.91 Å². The normalized spacial score (nSPS) is 17.6. The van der Waals surface area contributed by atoms with Crippen LogP contribution in [0.2, 0.25) is 0 Å². The van der Waals surface area contributed by atoms with Crippen LogP contribution >= 0.6 is 11.3 Å². The van der Waals surface area contributed by atoms with E-state index in [-0.39, 0.29) is 11.8 Å². The summed E-state index contributed by atoms with van der Waals surface area (Å²) in [6, 6.07) is 9.50. The number of fused-ring (bicyclic) bond motifs is 1. The molecule has 2 amide bonds. The van der Waals surface area contributed by atoms with Gasteiger partial charge in [0, 0.05) is 10.6 Å². The van der Waals surface area contributed by atoms with Crippen molar-refractivity contribution < 1.29 is 9.59 Å². The summed E-state index contributed by atoms with van der Waals surface area (Å²) in [5.74, 6) is 0.594. The lowest BCUT2D eigenvalue weighted by Crippen LogP contribution is -2.38. The number of hydrogen-bond acceptors (Lipinski definition) is 4. The molecule has 0 saturated carbocycles. The number of nitrogens with one attached hydrogen (secondary N) is 2. The van der Waals surface area contributed by atoms with Crippen LogP contribution in [0.4, 0.5) is 10.7 Å². The zero-order valence-electron chi connectivity index (χ0n) is 17.0. The number of benzene rings is 1. The van der Waals surface area contributed by atoms with E-state index in [2.05, 4.69) is 22.5 Å². The third-order valence-electron chi connectivity index (χ3n) is 5.93. The zero-order chi connectivity index (χ0) is 20.2. The highest BCUT2D eigenvalue weighted by Crippen LogP contribution is 2.38. The number of anilines is 2. The number of para-hydroxylation sites is 1. The SMILES string of the molecule is CC1CCN(CC(=O)Nc2sc3c(c2C(=O)Nc2ccccc2)CCCC3)CC1. The van der Waals surface area contributed by atoms with Crippen molar-refractivity contribution >= 4 is 33.8 Å². The van der Waals surface area contributed by atoms with Gasteiger partial charge < -0.3 is 10.6 Å². The Hall–Kier alpha value is -2.18. The van der Waals surface area contributed by atoms with Gasteiger partial charge in [0.15, 0.2) is 0 Å². The summed E-state index contributed by atoms with van der Waals surface area (Å²) in [6.45, 7) is 4.61. The number of thiophene rings is 1. The number of aryl methyl sites for hydroxylation is 1. The van der Waals surface area contributed by atoms with Crippen molar-refractivity contribution in [3.8, 4) is 0 Å². The fourth-order valence-corrected chi connectivity index (χ4v) is 5.50. The lowest BCUT2D eigenvalue weighted by molar-refractivity contribution is -0.117. The molecule has 5 nitrogen and oxygen atoms in total. The highest BCUT2D eigenvalue weighted by atomic mass is 32.1. The highest BCUT2D eigenvalue weighted by molar-refractivity contribution is 7.17. The van der Waals surface area contributed by atoms with Crippen molar-refractivity contribution in [1.82, 2.24) is 4.90 Å². The van der Waals surface area contributed by atoms with Crippen molar-refractivity contribution in [2.24, 2.45) is 5.92 Å². The molecule has 0 bridgehead atoms. The molecule has 2 N–H and O–H groups in total. The Morgan fingerprint density at radius 2 is 1.79 bits per heavy atom. The standard InChI is InChI=1S/C23H29N3O2S/c1-16-11-13-26(14-12-16)15-20(27)25-23-21(18-9-5-6-10-19(18)29-23)22(28)24-17-7-3-2-4-8-17/h2-4,7-8,16H,5-6,9-15H2,1H3,(H,24,28)(H,25,27). The van der Waals surface area contributed by atoms with Gasteiger partial charge in [-0.2, -0.15) is 0 Å². The molecule has 29 heavy (non-hydrogen) atoms. The molecule has 4 rings (SSSR count). The van der Waals surface area contributed by atoms with Crippen LogP contribution in [0.5, 0.6) is 0 Å². The van der Waals surface area contributed by atoms with Crippen LogP contribution in [-0.4, -0.2) is 36.3 Å². The van der Waals surface area contributed by atoms with Gasteiger partial charge in [-0.1, -0.05) is 25.1 Å². The smallest absolute Gasteiger partial charge is 0.258 e. The van der Waals surface area contributed by atoms with Crippen LogP contribution < -0.4 is 10.6 Å². The average Bonchev–Trinajstić information content (AvgIpc) is 3.08. The molecule has 2 aromatic rings. The molecular formula is C23H29N3O2S. The number of carbonyl (C=O) groups excluding carboxylic acids is 2. The number of nitrogens with zero attached hydrogens (tertiary/aromatic N) is 1. The third-order valence-corrected chi connectivity index (χ3v) is 7.13. The van der Waals surface area contributed by atoms with E-state index in [4.69, 9.17) is 0 Å².